The van der Waals surface area contributed by atoms with Crippen LogP contribution in [0.1, 0.15) is 11.1 Å². The van der Waals surface area contributed by atoms with Gasteiger partial charge in [-0.25, -0.2) is 4.98 Å². The first-order valence-electron chi connectivity index (χ1n) is 5.52. The maximum atomic E-state index is 8.90. The van der Waals surface area contributed by atoms with Gasteiger partial charge in [0.05, 0.1) is 11.2 Å². The molecule has 0 spiro atoms. The fourth-order valence-corrected chi connectivity index (χ4v) is 2.48. The topological polar surface area (TPSA) is 61.1 Å². The molecule has 106 valence electrons. The summed E-state index contributed by atoms with van der Waals surface area (Å²) in [6, 6.07) is 9.38. The van der Waals surface area contributed by atoms with Crippen LogP contribution in [-0.4, -0.2) is 11.2 Å². The van der Waals surface area contributed by atoms with Gasteiger partial charge in [-0.05, 0) is 6.07 Å². The number of anilines is 1. The minimum Gasteiger partial charge on any atom is -0.260 e. The lowest BCUT2D eigenvalue weighted by molar-refractivity contribution is 1.22. The molecule has 0 unspecified atom stereocenters. The van der Waals surface area contributed by atoms with E-state index in [1.165, 1.54) is 0 Å². The number of halogens is 4. The van der Waals surface area contributed by atoms with Crippen LogP contribution < -0.4 is 5.43 Å². The van der Waals surface area contributed by atoms with Crippen molar-refractivity contribution in [1.29, 1.82) is 5.26 Å². The molecule has 0 aliphatic carbocycles. The molecule has 0 amide bonds. The van der Waals surface area contributed by atoms with E-state index in [2.05, 4.69) is 31.4 Å². The van der Waals surface area contributed by atoms with Crippen molar-refractivity contribution >= 4 is 62.8 Å². The van der Waals surface area contributed by atoms with Crippen molar-refractivity contribution in [2.75, 3.05) is 5.43 Å². The Morgan fingerprint density at radius 3 is 2.62 bits per heavy atom. The highest BCUT2D eigenvalue weighted by atomic mass is 79.9. The molecule has 0 fully saturated rings. The zero-order chi connectivity index (χ0) is 15.4. The zero-order valence-corrected chi connectivity index (χ0v) is 14.1. The van der Waals surface area contributed by atoms with Crippen LogP contribution in [0, 0.1) is 11.3 Å². The highest BCUT2D eigenvalue weighted by molar-refractivity contribution is 9.10. The number of hydrazone groups is 1. The molecular formula is C13H6BrCl3N4. The number of nitrogens with zero attached hydrogens (tertiary/aromatic N) is 3. The highest BCUT2D eigenvalue weighted by Gasteiger charge is 2.15. The molecule has 0 aliphatic heterocycles. The van der Waals surface area contributed by atoms with Crippen molar-refractivity contribution in [2.45, 2.75) is 0 Å². The van der Waals surface area contributed by atoms with Gasteiger partial charge in [0.1, 0.15) is 16.7 Å². The molecule has 0 atom stereocenters. The van der Waals surface area contributed by atoms with Gasteiger partial charge in [-0.3, -0.25) is 5.43 Å². The maximum Gasteiger partial charge on any atom is 0.168 e. The van der Waals surface area contributed by atoms with Crippen LogP contribution in [0.15, 0.2) is 33.8 Å². The Kier molecular flexibility index (Phi) is 5.43. The Morgan fingerprint density at radius 2 is 1.95 bits per heavy atom. The van der Waals surface area contributed by atoms with E-state index in [0.29, 0.717) is 0 Å². The molecule has 1 aromatic heterocycles. The van der Waals surface area contributed by atoms with Crippen molar-refractivity contribution in [3.8, 4) is 6.07 Å². The smallest absolute Gasteiger partial charge is 0.168 e. The van der Waals surface area contributed by atoms with E-state index in [1.54, 1.807) is 6.21 Å². The van der Waals surface area contributed by atoms with Crippen LogP contribution in [0.25, 0.3) is 0 Å². The first-order valence-corrected chi connectivity index (χ1v) is 7.45. The molecule has 2 rings (SSSR count). The lowest BCUT2D eigenvalue weighted by Crippen LogP contribution is -1.98. The molecule has 0 aliphatic rings. The number of hydrogen-bond donors (Lipinski definition) is 1. The van der Waals surface area contributed by atoms with Crippen LogP contribution in [0.4, 0.5) is 5.82 Å². The van der Waals surface area contributed by atoms with E-state index in [4.69, 9.17) is 40.1 Å². The summed E-state index contributed by atoms with van der Waals surface area (Å²) >= 11 is 21.2. The monoisotopic (exact) mass is 402 g/mol. The maximum absolute atomic E-state index is 8.90. The summed E-state index contributed by atoms with van der Waals surface area (Å²) in [6.07, 6.45) is 1.59. The normalized spacial score (nSPS) is 10.6. The number of pyridine rings is 1. The van der Waals surface area contributed by atoms with Gasteiger partial charge < -0.3 is 0 Å². The average Bonchev–Trinajstić information content (AvgIpc) is 2.46. The standard InChI is InChI=1S/C13H6BrCl3N4/c14-9-4-2-1-3-7(9)6-19-21-13-11(16)10(15)8(5-18)12(17)20-13/h1-4,6H,(H,20,21)/b19-6+. The molecule has 0 bridgehead atoms. The molecule has 8 heteroatoms. The second kappa shape index (κ2) is 7.10. The Morgan fingerprint density at radius 1 is 1.24 bits per heavy atom. The van der Waals surface area contributed by atoms with Gasteiger partial charge in [0.25, 0.3) is 0 Å². The zero-order valence-electron chi connectivity index (χ0n) is 10.2. The van der Waals surface area contributed by atoms with Crippen LogP contribution in [-0.2, 0) is 0 Å². The van der Waals surface area contributed by atoms with Gasteiger partial charge in [0.2, 0.25) is 0 Å². The van der Waals surface area contributed by atoms with Crippen molar-refractivity contribution in [3.05, 3.63) is 55.1 Å². The van der Waals surface area contributed by atoms with Crippen LogP contribution in [0.2, 0.25) is 15.2 Å². The van der Waals surface area contributed by atoms with Crippen LogP contribution in [0.3, 0.4) is 0 Å². The summed E-state index contributed by atoms with van der Waals surface area (Å²) in [5.74, 6) is 0.175. The Balaban J connectivity index is 2.26. The molecular weight excluding hydrogens is 398 g/mol. The molecule has 1 N–H and O–H groups in total. The van der Waals surface area contributed by atoms with Gasteiger partial charge in [-0.15, -0.1) is 0 Å². The summed E-state index contributed by atoms with van der Waals surface area (Å²) in [7, 11) is 0. The van der Waals surface area contributed by atoms with Gasteiger partial charge in [-0.1, -0.05) is 68.9 Å². The first kappa shape index (κ1) is 16.1. The van der Waals surface area contributed by atoms with E-state index in [0.717, 1.165) is 10.0 Å². The van der Waals surface area contributed by atoms with Gasteiger partial charge in [0.15, 0.2) is 11.0 Å². The molecule has 0 saturated carbocycles. The van der Waals surface area contributed by atoms with Crippen LogP contribution in [0.5, 0.6) is 0 Å². The number of aromatic nitrogens is 1. The van der Waals surface area contributed by atoms with E-state index < -0.39 is 0 Å². The fraction of sp³-hybridized carbons (Fsp3) is 0. The van der Waals surface area contributed by atoms with Gasteiger partial charge in [-0.2, -0.15) is 10.4 Å². The lowest BCUT2D eigenvalue weighted by atomic mass is 10.2. The quantitative estimate of drug-likeness (QED) is 0.439. The summed E-state index contributed by atoms with van der Waals surface area (Å²) in [5.41, 5.74) is 3.55. The molecule has 21 heavy (non-hydrogen) atoms. The largest absolute Gasteiger partial charge is 0.260 e. The Labute approximate surface area is 144 Å². The first-order chi connectivity index (χ1) is 10.0. The number of rotatable bonds is 3. The average molecular weight is 404 g/mol. The highest BCUT2D eigenvalue weighted by Crippen LogP contribution is 2.34. The Hall–Kier alpha value is -1.32. The van der Waals surface area contributed by atoms with Gasteiger partial charge in [0, 0.05) is 10.0 Å². The second-order valence-corrected chi connectivity index (χ2v) is 5.73. The predicted octanol–water partition coefficient (Wildman–Crippen LogP) is 5.12. The third-order valence-electron chi connectivity index (χ3n) is 2.43. The van der Waals surface area contributed by atoms with Crippen molar-refractivity contribution in [3.63, 3.8) is 0 Å². The van der Waals surface area contributed by atoms with E-state index >= 15 is 0 Å². The molecule has 2 aromatic rings. The summed E-state index contributed by atoms with van der Waals surface area (Å²) < 4.78 is 0.894. The predicted molar refractivity (Wildman–Crippen MR) is 89.3 cm³/mol. The Bertz CT molecular complexity index is 756. The third kappa shape index (κ3) is 3.66. The molecule has 4 nitrogen and oxygen atoms in total. The summed E-state index contributed by atoms with van der Waals surface area (Å²) in [6.45, 7) is 0. The molecule has 0 radical (unpaired) electrons. The number of nitrogens with one attached hydrogen (secondary N) is 1. The van der Waals surface area contributed by atoms with Crippen molar-refractivity contribution in [2.24, 2.45) is 5.10 Å². The lowest BCUT2D eigenvalue weighted by Gasteiger charge is -2.06. The van der Waals surface area contributed by atoms with Crippen molar-refractivity contribution < 1.29 is 0 Å². The molecule has 1 aromatic carbocycles. The number of benzene rings is 1. The number of nitriles is 1. The van der Waals surface area contributed by atoms with Crippen LogP contribution >= 0.6 is 50.7 Å². The minimum atomic E-state index is -0.0366. The van der Waals surface area contributed by atoms with Crippen molar-refractivity contribution in [1.82, 2.24) is 4.98 Å². The third-order valence-corrected chi connectivity index (χ3v) is 4.27. The second-order valence-electron chi connectivity index (χ2n) is 3.76. The van der Waals surface area contributed by atoms with E-state index in [1.807, 2.05) is 30.3 Å². The summed E-state index contributed by atoms with van der Waals surface area (Å²) in [5, 5.41) is 13.0. The number of hydrogen-bond acceptors (Lipinski definition) is 4. The summed E-state index contributed by atoms with van der Waals surface area (Å²) in [4.78, 5) is 3.95. The SMILES string of the molecule is N#Cc1c(Cl)nc(N/N=C/c2ccccc2Br)c(Cl)c1Cl. The molecule has 0 saturated heterocycles. The molecule has 1 heterocycles. The minimum absolute atomic E-state index is 0.0312. The van der Waals surface area contributed by atoms with E-state index in [9.17, 15) is 0 Å². The van der Waals surface area contributed by atoms with E-state index in [-0.39, 0.29) is 26.6 Å². The van der Waals surface area contributed by atoms with Gasteiger partial charge >= 0.3 is 0 Å². The fourth-order valence-electron chi connectivity index (χ4n) is 1.42.